The number of fused-ring (bicyclic) bond motifs is 5. The number of rotatable bonds is 8. The zero-order valence-corrected chi connectivity index (χ0v) is 30.2. The highest BCUT2D eigenvalue weighted by molar-refractivity contribution is 6.73. The van der Waals surface area contributed by atoms with Crippen LogP contribution in [0.2, 0.25) is 18.1 Å². The fourth-order valence-corrected chi connectivity index (χ4v) is 12.0. The van der Waals surface area contributed by atoms with E-state index >= 15 is 4.79 Å². The molecule has 0 amide bonds. The van der Waals surface area contributed by atoms with Gasteiger partial charge in [0.2, 0.25) is 0 Å². The van der Waals surface area contributed by atoms with Crippen LogP contribution in [0.4, 0.5) is 0 Å². The van der Waals surface area contributed by atoms with Gasteiger partial charge >= 0.3 is 11.9 Å². The fourth-order valence-electron chi connectivity index (χ4n) is 9.31. The first-order valence-electron chi connectivity index (χ1n) is 17.0. The van der Waals surface area contributed by atoms with Crippen molar-refractivity contribution < 1.29 is 48.3 Å². The van der Waals surface area contributed by atoms with Crippen LogP contribution in [0.15, 0.2) is 41.5 Å². The Morgan fingerprint density at radius 2 is 1.60 bits per heavy atom. The number of aliphatic hydroxyl groups is 3. The summed E-state index contributed by atoms with van der Waals surface area (Å²) in [6.45, 7) is 15.9. The highest BCUT2D eigenvalue weighted by Crippen LogP contribution is 2.67. The Morgan fingerprint density at radius 3 is 2.11 bits per heavy atom. The van der Waals surface area contributed by atoms with E-state index in [1.54, 1.807) is 65.0 Å². The summed E-state index contributed by atoms with van der Waals surface area (Å²) in [7, 11) is -2.55. The van der Waals surface area contributed by atoms with E-state index in [4.69, 9.17) is 18.6 Å². The monoisotopic (exact) mass is 672 g/mol. The molecule has 2 saturated carbocycles. The molecule has 1 aliphatic heterocycles. The summed E-state index contributed by atoms with van der Waals surface area (Å²) in [5, 5.41) is 37.1. The Hall–Kier alpha value is -2.41. The third-order valence-electron chi connectivity index (χ3n) is 12.8. The lowest BCUT2D eigenvalue weighted by Crippen LogP contribution is -2.85. The molecule has 0 spiro atoms. The van der Waals surface area contributed by atoms with Crippen molar-refractivity contribution >= 4 is 26.0 Å². The molecule has 3 fully saturated rings. The number of ketones is 1. The first kappa shape index (κ1) is 35.9. The highest BCUT2D eigenvalue weighted by atomic mass is 28.4. The molecule has 260 valence electrons. The zero-order valence-electron chi connectivity index (χ0n) is 29.2. The van der Waals surface area contributed by atoms with Crippen molar-refractivity contribution in [2.24, 2.45) is 16.7 Å². The van der Waals surface area contributed by atoms with Gasteiger partial charge in [0.25, 0.3) is 0 Å². The van der Waals surface area contributed by atoms with E-state index in [0.29, 0.717) is 11.1 Å². The van der Waals surface area contributed by atoms with Crippen LogP contribution in [-0.4, -0.2) is 89.2 Å². The van der Waals surface area contributed by atoms with Crippen LogP contribution < -0.4 is 0 Å². The molecule has 47 heavy (non-hydrogen) atoms. The Bertz CT molecular complexity index is 1450. The van der Waals surface area contributed by atoms with Crippen LogP contribution in [0.25, 0.3) is 0 Å². The molecule has 0 radical (unpaired) electrons. The summed E-state index contributed by atoms with van der Waals surface area (Å²) in [4.78, 5) is 42.5. The van der Waals surface area contributed by atoms with E-state index in [-0.39, 0.29) is 25.0 Å². The predicted octanol–water partition coefficient (Wildman–Crippen LogP) is 4.50. The van der Waals surface area contributed by atoms with Crippen LogP contribution in [-0.2, 0) is 28.2 Å². The summed E-state index contributed by atoms with van der Waals surface area (Å²) in [6.07, 6.45) is -5.60. The van der Waals surface area contributed by atoms with Crippen molar-refractivity contribution in [1.29, 1.82) is 0 Å². The van der Waals surface area contributed by atoms with Gasteiger partial charge in [0.1, 0.15) is 23.4 Å². The largest absolute Gasteiger partial charge is 0.455 e. The predicted molar refractivity (Wildman–Crippen MR) is 176 cm³/mol. The van der Waals surface area contributed by atoms with Gasteiger partial charge in [0.15, 0.2) is 19.7 Å². The van der Waals surface area contributed by atoms with Crippen LogP contribution in [0.1, 0.15) is 85.5 Å². The molecule has 5 rings (SSSR count). The molecule has 1 heterocycles. The molecule has 11 heteroatoms. The third-order valence-corrected chi connectivity index (χ3v) is 17.4. The Kier molecular flexibility index (Phi) is 9.07. The molecule has 3 N–H and O–H groups in total. The van der Waals surface area contributed by atoms with Crippen molar-refractivity contribution in [3.05, 3.63) is 47.0 Å². The van der Waals surface area contributed by atoms with Crippen LogP contribution in [0.5, 0.6) is 0 Å². The van der Waals surface area contributed by atoms with Gasteiger partial charge in [-0.1, -0.05) is 52.8 Å². The molecule has 1 aromatic carbocycles. The number of benzene rings is 1. The molecule has 0 unspecified atom stereocenters. The first-order chi connectivity index (χ1) is 21.8. The van der Waals surface area contributed by atoms with Gasteiger partial charge in [-0.15, -0.1) is 0 Å². The van der Waals surface area contributed by atoms with Gasteiger partial charge in [-0.3, -0.25) is 9.59 Å². The highest BCUT2D eigenvalue weighted by Gasteiger charge is 2.81. The van der Waals surface area contributed by atoms with Crippen molar-refractivity contribution in [2.75, 3.05) is 6.61 Å². The maximum Gasteiger partial charge on any atom is 0.338 e. The Balaban J connectivity index is 1.87. The second-order valence-electron chi connectivity index (χ2n) is 15.1. The third kappa shape index (κ3) is 4.94. The second kappa shape index (κ2) is 11.9. The number of Topliss-reactive ketones (excluding diaryl/α,β-unsaturated/α-hetero) is 1. The second-order valence-corrected chi connectivity index (χ2v) is 19.9. The average Bonchev–Trinajstić information content (AvgIpc) is 3.02. The fraction of sp³-hybridized carbons (Fsp3) is 0.694. The number of carbonyl (C=O) groups excluding carboxylic acids is 3. The minimum atomic E-state index is -2.55. The topological polar surface area (TPSA) is 149 Å². The molecule has 3 aliphatic carbocycles. The van der Waals surface area contributed by atoms with Crippen LogP contribution >= 0.6 is 0 Å². The summed E-state index contributed by atoms with van der Waals surface area (Å²) >= 11 is 0. The number of ether oxygens (including phenoxy) is 3. The number of carbonyl (C=O) groups is 3. The summed E-state index contributed by atoms with van der Waals surface area (Å²) in [5.74, 6) is -3.15. The Morgan fingerprint density at radius 1 is 1.00 bits per heavy atom. The molecule has 1 saturated heterocycles. The molecule has 0 aromatic heterocycles. The van der Waals surface area contributed by atoms with Crippen LogP contribution in [0, 0.1) is 16.7 Å². The van der Waals surface area contributed by atoms with Crippen LogP contribution in [0.3, 0.4) is 0 Å². The van der Waals surface area contributed by atoms with E-state index in [1.807, 2.05) is 0 Å². The molecular weight excluding hydrogens is 620 g/mol. The molecule has 9 atom stereocenters. The lowest BCUT2D eigenvalue weighted by molar-refractivity contribution is -0.383. The Labute approximate surface area is 278 Å². The van der Waals surface area contributed by atoms with E-state index < -0.39 is 84.0 Å². The van der Waals surface area contributed by atoms with Crippen molar-refractivity contribution in [3.8, 4) is 0 Å². The SMILES string of the molecule is CC[Si](CC)(CC)O[C@H]1C(=O)[C@]2(C)[C@@H](O)C[C@@]3(C)OC[C@@]3(OC(C)=O)[C@H]2[C@H](OC(=O)c2ccccc2)[C@]2(O)C[C@H](O)C(C)=C1C2(C)C. The maximum atomic E-state index is 15.6. The minimum absolute atomic E-state index is 0.0501. The molecule has 4 aliphatic rings. The summed E-state index contributed by atoms with van der Waals surface area (Å²) < 4.78 is 25.7. The smallest absolute Gasteiger partial charge is 0.338 e. The van der Waals surface area contributed by atoms with Gasteiger partial charge in [0.05, 0.1) is 35.7 Å². The molecule has 1 aromatic rings. The molecule has 2 bridgehead atoms. The maximum absolute atomic E-state index is 15.6. The molecule has 10 nitrogen and oxygen atoms in total. The summed E-state index contributed by atoms with van der Waals surface area (Å²) in [5.41, 5.74) is -6.76. The van der Waals surface area contributed by atoms with Gasteiger partial charge in [-0.25, -0.2) is 4.79 Å². The van der Waals surface area contributed by atoms with Crippen molar-refractivity contribution in [1.82, 2.24) is 0 Å². The van der Waals surface area contributed by atoms with E-state index in [2.05, 4.69) is 20.8 Å². The number of hydrogen-bond donors (Lipinski definition) is 3. The van der Waals surface area contributed by atoms with Gasteiger partial charge < -0.3 is 34.0 Å². The lowest BCUT2D eigenvalue weighted by Gasteiger charge is -2.70. The summed E-state index contributed by atoms with van der Waals surface area (Å²) in [6, 6.07) is 10.5. The van der Waals surface area contributed by atoms with E-state index in [1.165, 1.54) is 6.92 Å². The van der Waals surface area contributed by atoms with E-state index in [9.17, 15) is 24.9 Å². The quantitative estimate of drug-likeness (QED) is 0.205. The van der Waals surface area contributed by atoms with E-state index in [0.717, 1.165) is 18.1 Å². The van der Waals surface area contributed by atoms with Gasteiger partial charge in [0, 0.05) is 25.2 Å². The standard InChI is InChI=1S/C36H52O10Si/c1-10-47(11-2,12-3)46-27-26-21(4)24(38)18-35(42,32(26,6)7)30(44-31(41)23-16-14-13-15-17-23)28-34(9,29(27)40)25(39)19-33(8)36(28,20-43-33)45-22(5)37/h13-17,24-25,27-28,30,38-39,42H,10-12,18-20H2,1-9H3/t24-,25-,27+,28-,30-,33+,34+,35+,36+/m0/s1. The molecular formula is C36H52O10Si. The average molecular weight is 673 g/mol. The van der Waals surface area contributed by atoms with Gasteiger partial charge in [-0.05, 0) is 62.2 Å². The number of aliphatic hydroxyl groups excluding tert-OH is 2. The lowest BCUT2D eigenvalue weighted by atomic mass is 9.42. The zero-order chi connectivity index (χ0) is 35.0. The van der Waals surface area contributed by atoms with Gasteiger partial charge in [-0.2, -0.15) is 0 Å². The first-order valence-corrected chi connectivity index (χ1v) is 19.5. The number of esters is 2. The number of hydrogen-bond acceptors (Lipinski definition) is 10. The van der Waals surface area contributed by atoms with Crippen molar-refractivity contribution in [2.45, 2.75) is 135 Å². The minimum Gasteiger partial charge on any atom is -0.455 e. The van der Waals surface area contributed by atoms with Crippen molar-refractivity contribution in [3.63, 3.8) is 0 Å². The normalized spacial score (nSPS) is 39.5.